The summed E-state index contributed by atoms with van der Waals surface area (Å²) >= 11 is 0. The Morgan fingerprint density at radius 1 is 0.688 bits per heavy atom. The van der Waals surface area contributed by atoms with E-state index in [4.69, 9.17) is 0 Å². The Balaban J connectivity index is 1.98. The standard InChI is InChI=1S/C15H13N/c1-2-6-14(7-3-1)8-4-5-9-15-10-12-16-13-11-15/h1-13H/b8-4+,9-5-. The second-order valence-corrected chi connectivity index (χ2v) is 3.41. The van der Waals surface area contributed by atoms with Gasteiger partial charge in [0.2, 0.25) is 0 Å². The first-order valence-electron chi connectivity index (χ1n) is 5.25. The first-order valence-corrected chi connectivity index (χ1v) is 5.25. The van der Waals surface area contributed by atoms with E-state index in [1.54, 1.807) is 12.4 Å². The van der Waals surface area contributed by atoms with Crippen molar-refractivity contribution in [3.63, 3.8) is 0 Å². The molecule has 0 radical (unpaired) electrons. The van der Waals surface area contributed by atoms with Gasteiger partial charge in [0.15, 0.2) is 0 Å². The molecule has 1 nitrogen and oxygen atoms in total. The zero-order chi connectivity index (χ0) is 11.1. The van der Waals surface area contributed by atoms with Crippen LogP contribution in [0.1, 0.15) is 11.1 Å². The van der Waals surface area contributed by atoms with Gasteiger partial charge in [-0.1, -0.05) is 54.6 Å². The number of hydrogen-bond donors (Lipinski definition) is 0. The van der Waals surface area contributed by atoms with Crippen molar-refractivity contribution >= 4 is 12.2 Å². The van der Waals surface area contributed by atoms with E-state index < -0.39 is 0 Å². The molecule has 0 amide bonds. The van der Waals surface area contributed by atoms with Crippen LogP contribution in [-0.2, 0) is 0 Å². The Kier molecular flexibility index (Phi) is 3.67. The van der Waals surface area contributed by atoms with E-state index in [1.807, 2.05) is 42.5 Å². The highest BCUT2D eigenvalue weighted by Crippen LogP contribution is 2.03. The molecule has 2 rings (SSSR count). The van der Waals surface area contributed by atoms with Crippen molar-refractivity contribution in [2.45, 2.75) is 0 Å². The lowest BCUT2D eigenvalue weighted by Gasteiger charge is -1.90. The van der Waals surface area contributed by atoms with Crippen LogP contribution < -0.4 is 0 Å². The number of hydrogen-bond acceptors (Lipinski definition) is 1. The lowest BCUT2D eigenvalue weighted by molar-refractivity contribution is 1.32. The predicted octanol–water partition coefficient (Wildman–Crippen LogP) is 3.81. The van der Waals surface area contributed by atoms with Gasteiger partial charge in [0, 0.05) is 12.4 Å². The Morgan fingerprint density at radius 2 is 1.25 bits per heavy atom. The molecule has 0 aliphatic rings. The quantitative estimate of drug-likeness (QED) is 0.697. The molecule has 1 aromatic heterocycles. The molecule has 1 aromatic carbocycles. The SMILES string of the molecule is C(=C/c1ccncc1)/C=C/c1ccccc1. The van der Waals surface area contributed by atoms with Gasteiger partial charge >= 0.3 is 0 Å². The van der Waals surface area contributed by atoms with Crippen molar-refractivity contribution in [3.8, 4) is 0 Å². The Labute approximate surface area is 95.8 Å². The van der Waals surface area contributed by atoms with E-state index in [9.17, 15) is 0 Å². The van der Waals surface area contributed by atoms with Crippen LogP contribution in [-0.4, -0.2) is 4.98 Å². The molecule has 78 valence electrons. The van der Waals surface area contributed by atoms with Gasteiger partial charge in [0.1, 0.15) is 0 Å². The maximum Gasteiger partial charge on any atom is 0.0273 e. The van der Waals surface area contributed by atoms with Crippen LogP contribution >= 0.6 is 0 Å². The summed E-state index contributed by atoms with van der Waals surface area (Å²) in [5.41, 5.74) is 2.37. The number of rotatable bonds is 3. The van der Waals surface area contributed by atoms with E-state index in [0.29, 0.717) is 0 Å². The molecule has 0 atom stereocenters. The Morgan fingerprint density at radius 3 is 1.88 bits per heavy atom. The number of nitrogens with zero attached hydrogens (tertiary/aromatic N) is 1. The van der Waals surface area contributed by atoms with Gasteiger partial charge in [-0.25, -0.2) is 0 Å². The summed E-state index contributed by atoms with van der Waals surface area (Å²) in [6.07, 6.45) is 11.8. The zero-order valence-corrected chi connectivity index (χ0v) is 8.95. The maximum atomic E-state index is 3.97. The highest BCUT2D eigenvalue weighted by Gasteiger charge is 1.82. The van der Waals surface area contributed by atoms with Crippen LogP contribution in [0.2, 0.25) is 0 Å². The van der Waals surface area contributed by atoms with E-state index >= 15 is 0 Å². The fourth-order valence-corrected chi connectivity index (χ4v) is 1.37. The summed E-state index contributed by atoms with van der Waals surface area (Å²) < 4.78 is 0. The summed E-state index contributed by atoms with van der Waals surface area (Å²) in [5.74, 6) is 0. The van der Waals surface area contributed by atoms with Crippen LogP contribution in [0.15, 0.2) is 67.0 Å². The minimum absolute atomic E-state index is 1.16. The first kappa shape index (κ1) is 10.4. The van der Waals surface area contributed by atoms with Crippen LogP contribution in [0.4, 0.5) is 0 Å². The molecule has 16 heavy (non-hydrogen) atoms. The van der Waals surface area contributed by atoms with Crippen molar-refractivity contribution in [2.24, 2.45) is 0 Å². The van der Waals surface area contributed by atoms with Crippen LogP contribution in [0.25, 0.3) is 12.2 Å². The largest absolute Gasteiger partial charge is 0.265 e. The second kappa shape index (κ2) is 5.66. The van der Waals surface area contributed by atoms with Gasteiger partial charge in [-0.05, 0) is 23.3 Å². The van der Waals surface area contributed by atoms with Gasteiger partial charge in [0.25, 0.3) is 0 Å². The van der Waals surface area contributed by atoms with E-state index in [1.165, 1.54) is 5.56 Å². The van der Waals surface area contributed by atoms with Gasteiger partial charge in [-0.2, -0.15) is 0 Å². The van der Waals surface area contributed by atoms with Crippen LogP contribution in [0.5, 0.6) is 0 Å². The summed E-state index contributed by atoms with van der Waals surface area (Å²) in [6, 6.07) is 14.2. The molecule has 0 aliphatic heterocycles. The van der Waals surface area contributed by atoms with Crippen molar-refractivity contribution < 1.29 is 0 Å². The topological polar surface area (TPSA) is 12.9 Å². The summed E-state index contributed by atoms with van der Waals surface area (Å²) in [4.78, 5) is 3.97. The molecule has 0 bridgehead atoms. The summed E-state index contributed by atoms with van der Waals surface area (Å²) in [6.45, 7) is 0. The van der Waals surface area contributed by atoms with E-state index in [0.717, 1.165) is 5.56 Å². The fraction of sp³-hybridized carbons (Fsp3) is 0. The first-order chi connectivity index (χ1) is 7.95. The third kappa shape index (κ3) is 3.21. The third-order valence-corrected chi connectivity index (χ3v) is 2.19. The minimum Gasteiger partial charge on any atom is -0.265 e. The molecule has 0 unspecified atom stereocenters. The molecule has 2 aromatic rings. The molecule has 0 saturated heterocycles. The van der Waals surface area contributed by atoms with E-state index in [2.05, 4.69) is 29.3 Å². The lowest BCUT2D eigenvalue weighted by atomic mass is 10.2. The predicted molar refractivity (Wildman–Crippen MR) is 68.7 cm³/mol. The van der Waals surface area contributed by atoms with Crippen molar-refractivity contribution in [1.82, 2.24) is 4.98 Å². The Bertz CT molecular complexity index is 422. The highest BCUT2D eigenvalue weighted by atomic mass is 14.6. The average Bonchev–Trinajstić information content (AvgIpc) is 2.37. The van der Waals surface area contributed by atoms with Crippen LogP contribution in [0.3, 0.4) is 0 Å². The van der Waals surface area contributed by atoms with Gasteiger partial charge < -0.3 is 0 Å². The second-order valence-electron chi connectivity index (χ2n) is 3.41. The molecule has 0 fully saturated rings. The number of pyridine rings is 1. The molecular formula is C15H13N. The van der Waals surface area contributed by atoms with Crippen molar-refractivity contribution in [1.29, 1.82) is 0 Å². The third-order valence-electron chi connectivity index (χ3n) is 2.19. The smallest absolute Gasteiger partial charge is 0.0273 e. The van der Waals surface area contributed by atoms with Crippen molar-refractivity contribution in [2.75, 3.05) is 0 Å². The molecule has 0 spiro atoms. The van der Waals surface area contributed by atoms with Crippen LogP contribution in [0, 0.1) is 0 Å². The highest BCUT2D eigenvalue weighted by molar-refractivity contribution is 5.56. The Hall–Kier alpha value is -2.15. The molecule has 0 N–H and O–H groups in total. The number of aromatic nitrogens is 1. The van der Waals surface area contributed by atoms with Crippen molar-refractivity contribution in [3.05, 3.63) is 78.1 Å². The molecule has 1 heteroatoms. The maximum absolute atomic E-state index is 3.97. The number of allylic oxidation sites excluding steroid dienone is 2. The average molecular weight is 207 g/mol. The normalized spacial score (nSPS) is 11.2. The summed E-state index contributed by atoms with van der Waals surface area (Å²) in [5, 5.41) is 0. The molecule has 0 saturated carbocycles. The van der Waals surface area contributed by atoms with Gasteiger partial charge in [-0.3, -0.25) is 4.98 Å². The molecular weight excluding hydrogens is 194 g/mol. The van der Waals surface area contributed by atoms with E-state index in [-0.39, 0.29) is 0 Å². The molecule has 0 aliphatic carbocycles. The van der Waals surface area contributed by atoms with Gasteiger partial charge in [0.05, 0.1) is 0 Å². The monoisotopic (exact) mass is 207 g/mol. The lowest BCUT2D eigenvalue weighted by Crippen LogP contribution is -1.71. The summed E-state index contributed by atoms with van der Waals surface area (Å²) in [7, 11) is 0. The number of benzene rings is 1. The molecule has 1 heterocycles. The van der Waals surface area contributed by atoms with Gasteiger partial charge in [-0.15, -0.1) is 0 Å². The fourth-order valence-electron chi connectivity index (χ4n) is 1.37. The minimum atomic E-state index is 1.16. The zero-order valence-electron chi connectivity index (χ0n) is 8.95.